The highest BCUT2D eigenvalue weighted by Gasteiger charge is 2.17. The first kappa shape index (κ1) is 14.4. The number of nitrogens with zero attached hydrogens (tertiary/aromatic N) is 4. The minimum Gasteiger partial charge on any atom is -0.355 e. The van der Waals surface area contributed by atoms with Gasteiger partial charge in [0, 0.05) is 25.2 Å². The molecule has 1 heterocycles. The first-order valence-corrected chi connectivity index (χ1v) is 6.03. The number of nitriles is 1. The molecular formula is C14H11FN4O2. The molecule has 0 saturated heterocycles. The van der Waals surface area contributed by atoms with E-state index in [0.717, 1.165) is 0 Å². The van der Waals surface area contributed by atoms with Gasteiger partial charge in [-0.05, 0) is 12.1 Å². The van der Waals surface area contributed by atoms with Gasteiger partial charge in [0.1, 0.15) is 17.7 Å². The maximum Gasteiger partial charge on any atom is 0.305 e. The highest BCUT2D eigenvalue weighted by atomic mass is 19.1. The fraction of sp³-hybridized carbons (Fsp3) is 0.143. The summed E-state index contributed by atoms with van der Waals surface area (Å²) in [5.74, 6) is 0.0205. The average molecular weight is 286 g/mol. The van der Waals surface area contributed by atoms with Crippen LogP contribution >= 0.6 is 0 Å². The van der Waals surface area contributed by atoms with Crippen LogP contribution in [-0.2, 0) is 6.54 Å². The third kappa shape index (κ3) is 3.12. The quantitative estimate of drug-likeness (QED) is 0.637. The average Bonchev–Trinajstić information content (AvgIpc) is 2.48. The SMILES string of the molecule is CN(Cc1ccccc1F)c1ccc([N+](=O)[O-])c(C#N)n1. The van der Waals surface area contributed by atoms with Crippen molar-refractivity contribution in [2.75, 3.05) is 11.9 Å². The molecule has 0 spiro atoms. The second-order valence-corrected chi connectivity index (χ2v) is 4.35. The molecule has 2 rings (SSSR count). The molecular weight excluding hydrogens is 275 g/mol. The van der Waals surface area contributed by atoms with Crippen molar-refractivity contribution in [2.45, 2.75) is 6.54 Å². The summed E-state index contributed by atoms with van der Waals surface area (Å²) >= 11 is 0. The van der Waals surface area contributed by atoms with E-state index in [1.54, 1.807) is 36.2 Å². The van der Waals surface area contributed by atoms with E-state index in [2.05, 4.69) is 4.98 Å². The fourth-order valence-corrected chi connectivity index (χ4v) is 1.85. The summed E-state index contributed by atoms with van der Waals surface area (Å²) in [7, 11) is 1.67. The Morgan fingerprint density at radius 3 is 2.71 bits per heavy atom. The van der Waals surface area contributed by atoms with Crippen molar-refractivity contribution in [3.8, 4) is 6.07 Å². The standard InChI is InChI=1S/C14H11FN4O2/c1-18(9-10-4-2-3-5-11(10)15)14-7-6-13(19(20)21)12(8-16)17-14/h2-7H,9H2,1H3. The number of hydrogen-bond acceptors (Lipinski definition) is 5. The van der Waals surface area contributed by atoms with Crippen LogP contribution in [-0.4, -0.2) is 17.0 Å². The van der Waals surface area contributed by atoms with Crippen molar-refractivity contribution in [3.05, 3.63) is 63.6 Å². The van der Waals surface area contributed by atoms with Gasteiger partial charge in [0.05, 0.1) is 4.92 Å². The van der Waals surface area contributed by atoms with Gasteiger partial charge in [-0.2, -0.15) is 5.26 Å². The summed E-state index contributed by atoms with van der Waals surface area (Å²) in [6, 6.07) is 10.7. The largest absolute Gasteiger partial charge is 0.355 e. The molecule has 0 atom stereocenters. The summed E-state index contributed by atoms with van der Waals surface area (Å²) in [6.07, 6.45) is 0. The lowest BCUT2D eigenvalue weighted by molar-refractivity contribution is -0.385. The third-order valence-electron chi connectivity index (χ3n) is 2.92. The highest BCUT2D eigenvalue weighted by Crippen LogP contribution is 2.21. The number of aromatic nitrogens is 1. The zero-order valence-electron chi connectivity index (χ0n) is 11.2. The Morgan fingerprint density at radius 1 is 1.38 bits per heavy atom. The molecule has 1 aromatic heterocycles. The predicted molar refractivity (Wildman–Crippen MR) is 74.1 cm³/mol. The minimum absolute atomic E-state index is 0.238. The molecule has 1 aromatic carbocycles. The third-order valence-corrected chi connectivity index (χ3v) is 2.92. The lowest BCUT2D eigenvalue weighted by atomic mass is 10.2. The number of pyridine rings is 1. The van der Waals surface area contributed by atoms with Gasteiger partial charge in [0.15, 0.2) is 0 Å². The molecule has 7 heteroatoms. The second kappa shape index (κ2) is 5.96. The molecule has 2 aromatic rings. The Bertz CT molecular complexity index is 727. The van der Waals surface area contributed by atoms with E-state index < -0.39 is 4.92 Å². The van der Waals surface area contributed by atoms with Gasteiger partial charge >= 0.3 is 5.69 Å². The van der Waals surface area contributed by atoms with Crippen molar-refractivity contribution in [2.24, 2.45) is 0 Å². The van der Waals surface area contributed by atoms with Gasteiger partial charge in [-0.3, -0.25) is 10.1 Å². The van der Waals surface area contributed by atoms with Gasteiger partial charge in [0.25, 0.3) is 0 Å². The van der Waals surface area contributed by atoms with Gasteiger partial charge in [0.2, 0.25) is 5.69 Å². The molecule has 0 bridgehead atoms. The summed E-state index contributed by atoms with van der Waals surface area (Å²) in [4.78, 5) is 15.6. The van der Waals surface area contributed by atoms with E-state index in [9.17, 15) is 14.5 Å². The Hall–Kier alpha value is -3.01. The van der Waals surface area contributed by atoms with E-state index >= 15 is 0 Å². The highest BCUT2D eigenvalue weighted by molar-refractivity contribution is 5.51. The number of benzene rings is 1. The van der Waals surface area contributed by atoms with Crippen LogP contribution in [0, 0.1) is 27.3 Å². The molecule has 0 aliphatic heterocycles. The van der Waals surface area contributed by atoms with Crippen LogP contribution in [0.5, 0.6) is 0 Å². The van der Waals surface area contributed by atoms with Crippen LogP contribution in [0.1, 0.15) is 11.3 Å². The zero-order chi connectivity index (χ0) is 15.4. The van der Waals surface area contributed by atoms with Crippen LogP contribution in [0.25, 0.3) is 0 Å². The summed E-state index contributed by atoms with van der Waals surface area (Å²) in [5.41, 5.74) is -0.142. The maximum absolute atomic E-state index is 13.6. The van der Waals surface area contributed by atoms with E-state index in [1.165, 1.54) is 18.2 Å². The van der Waals surface area contributed by atoms with Gasteiger partial charge in [-0.15, -0.1) is 0 Å². The van der Waals surface area contributed by atoms with E-state index in [4.69, 9.17) is 5.26 Å². The molecule has 0 N–H and O–H groups in total. The van der Waals surface area contributed by atoms with Crippen LogP contribution in [0.4, 0.5) is 15.9 Å². The first-order chi connectivity index (χ1) is 10.0. The molecule has 21 heavy (non-hydrogen) atoms. The summed E-state index contributed by atoms with van der Waals surface area (Å²) in [5, 5.41) is 19.7. The Kier molecular flexibility index (Phi) is 4.09. The van der Waals surface area contributed by atoms with E-state index in [0.29, 0.717) is 11.4 Å². The van der Waals surface area contributed by atoms with Crippen molar-refractivity contribution in [1.82, 2.24) is 4.98 Å². The number of rotatable bonds is 4. The van der Waals surface area contributed by atoms with Gasteiger partial charge in [-0.25, -0.2) is 9.37 Å². The van der Waals surface area contributed by atoms with Crippen LogP contribution < -0.4 is 4.90 Å². The van der Waals surface area contributed by atoms with Crippen LogP contribution in [0.2, 0.25) is 0 Å². The molecule has 0 amide bonds. The van der Waals surface area contributed by atoms with Gasteiger partial charge < -0.3 is 4.90 Å². The van der Waals surface area contributed by atoms with Crippen molar-refractivity contribution in [3.63, 3.8) is 0 Å². The molecule has 0 radical (unpaired) electrons. The predicted octanol–water partition coefficient (Wildman–Crippen LogP) is 2.64. The second-order valence-electron chi connectivity index (χ2n) is 4.35. The smallest absolute Gasteiger partial charge is 0.305 e. The monoisotopic (exact) mass is 286 g/mol. The Morgan fingerprint density at radius 2 is 2.10 bits per heavy atom. The van der Waals surface area contributed by atoms with Crippen molar-refractivity contribution < 1.29 is 9.31 Å². The molecule has 0 saturated carbocycles. The number of hydrogen-bond donors (Lipinski definition) is 0. The topological polar surface area (TPSA) is 83.1 Å². The molecule has 0 aliphatic carbocycles. The fourth-order valence-electron chi connectivity index (χ4n) is 1.85. The molecule has 6 nitrogen and oxygen atoms in total. The number of halogens is 1. The van der Waals surface area contributed by atoms with E-state index in [1.807, 2.05) is 0 Å². The van der Waals surface area contributed by atoms with Gasteiger partial charge in [-0.1, -0.05) is 18.2 Å². The molecule has 0 fully saturated rings. The van der Waals surface area contributed by atoms with Crippen molar-refractivity contribution >= 4 is 11.5 Å². The maximum atomic E-state index is 13.6. The Balaban J connectivity index is 2.28. The lowest BCUT2D eigenvalue weighted by Crippen LogP contribution is -2.19. The lowest BCUT2D eigenvalue weighted by Gasteiger charge is -2.18. The van der Waals surface area contributed by atoms with Crippen LogP contribution in [0.3, 0.4) is 0 Å². The number of anilines is 1. The zero-order valence-corrected chi connectivity index (χ0v) is 11.2. The van der Waals surface area contributed by atoms with Crippen LogP contribution in [0.15, 0.2) is 36.4 Å². The molecule has 106 valence electrons. The first-order valence-electron chi connectivity index (χ1n) is 6.03. The molecule has 0 aliphatic rings. The molecule has 0 unspecified atom stereocenters. The number of nitro groups is 1. The van der Waals surface area contributed by atoms with Crippen molar-refractivity contribution in [1.29, 1.82) is 5.26 Å². The normalized spacial score (nSPS) is 9.95. The van der Waals surface area contributed by atoms with E-state index in [-0.39, 0.29) is 23.7 Å². The summed E-state index contributed by atoms with van der Waals surface area (Å²) in [6.45, 7) is 0.238. The minimum atomic E-state index is -0.661. The summed E-state index contributed by atoms with van der Waals surface area (Å²) < 4.78 is 13.6. The Labute approximate surface area is 120 Å².